The van der Waals surface area contributed by atoms with Crippen LogP contribution in [0.15, 0.2) is 18.2 Å². The monoisotopic (exact) mass is 456 g/mol. The Balaban J connectivity index is 2.28. The molecular formula is C25H45O5P. The maximum absolute atomic E-state index is 12.0. The number of benzene rings is 1. The van der Waals surface area contributed by atoms with E-state index in [9.17, 15) is 19.5 Å². The SMILES string of the molecule is CCCCCCCCCCCCOC(=O)CCc1ccc([PH](O)(O)O)c(C(C)(C)C)c1. The van der Waals surface area contributed by atoms with Crippen molar-refractivity contribution in [1.82, 2.24) is 0 Å². The first-order valence-corrected chi connectivity index (χ1v) is 13.9. The van der Waals surface area contributed by atoms with E-state index in [0.29, 0.717) is 25.0 Å². The van der Waals surface area contributed by atoms with Gasteiger partial charge in [0.1, 0.15) is 0 Å². The van der Waals surface area contributed by atoms with Crippen LogP contribution in [-0.4, -0.2) is 27.3 Å². The van der Waals surface area contributed by atoms with E-state index < -0.39 is 7.94 Å². The summed E-state index contributed by atoms with van der Waals surface area (Å²) >= 11 is 0. The molecule has 0 fully saturated rings. The number of ether oxygens (including phenoxy) is 1. The predicted octanol–water partition coefficient (Wildman–Crippen LogP) is 5.48. The summed E-state index contributed by atoms with van der Waals surface area (Å²) in [4.78, 5) is 41.3. The molecule has 0 aromatic heterocycles. The summed E-state index contributed by atoms with van der Waals surface area (Å²) in [5, 5.41) is 0.201. The molecule has 1 aromatic rings. The zero-order chi connectivity index (χ0) is 23.3. The molecular weight excluding hydrogens is 411 g/mol. The average Bonchev–Trinajstić information content (AvgIpc) is 2.69. The summed E-state index contributed by atoms with van der Waals surface area (Å²) < 4.78 is 5.36. The van der Waals surface area contributed by atoms with E-state index in [0.717, 1.165) is 18.4 Å². The van der Waals surface area contributed by atoms with Crippen molar-refractivity contribution in [1.29, 1.82) is 0 Å². The topological polar surface area (TPSA) is 87.0 Å². The second-order valence-electron chi connectivity index (χ2n) is 9.67. The van der Waals surface area contributed by atoms with Crippen LogP contribution in [0.2, 0.25) is 0 Å². The van der Waals surface area contributed by atoms with Crippen molar-refractivity contribution in [2.24, 2.45) is 0 Å². The molecule has 0 heterocycles. The Kier molecular flexibility index (Phi) is 12.9. The maximum atomic E-state index is 12.0. The molecule has 31 heavy (non-hydrogen) atoms. The van der Waals surface area contributed by atoms with Gasteiger partial charge in [0.2, 0.25) is 0 Å². The average molecular weight is 457 g/mol. The standard InChI is InChI=1S/C25H45O5P/c1-5-6-7-8-9-10-11-12-13-14-19-30-24(26)18-16-21-15-17-23(31(27,28)29)22(20-21)25(2,3)4/h15,17,20,27-29,31H,5-14,16,18-19H2,1-4H3. The van der Waals surface area contributed by atoms with Gasteiger partial charge in [0.05, 0.1) is 0 Å². The molecule has 6 heteroatoms. The van der Waals surface area contributed by atoms with Crippen molar-refractivity contribution in [3.63, 3.8) is 0 Å². The molecule has 0 saturated heterocycles. The Morgan fingerprint density at radius 1 is 0.903 bits per heavy atom. The fraction of sp³-hybridized carbons (Fsp3) is 0.720. The number of carbonyl (C=O) groups is 1. The van der Waals surface area contributed by atoms with E-state index in [-0.39, 0.29) is 16.7 Å². The van der Waals surface area contributed by atoms with Gasteiger partial charge in [-0.05, 0) is 0 Å². The molecule has 5 nitrogen and oxygen atoms in total. The summed E-state index contributed by atoms with van der Waals surface area (Å²) in [5.74, 6) is -0.201. The molecule has 180 valence electrons. The molecule has 0 spiro atoms. The Morgan fingerprint density at radius 2 is 1.45 bits per heavy atom. The van der Waals surface area contributed by atoms with Gasteiger partial charge in [-0.3, -0.25) is 0 Å². The van der Waals surface area contributed by atoms with Crippen LogP contribution < -0.4 is 5.30 Å². The van der Waals surface area contributed by atoms with Crippen molar-refractivity contribution in [3.05, 3.63) is 29.3 Å². The molecule has 0 aliphatic carbocycles. The first-order valence-electron chi connectivity index (χ1n) is 12.0. The summed E-state index contributed by atoms with van der Waals surface area (Å²) in [6.45, 7) is 8.59. The Morgan fingerprint density at radius 3 is 1.97 bits per heavy atom. The van der Waals surface area contributed by atoms with Gasteiger partial charge < -0.3 is 0 Å². The van der Waals surface area contributed by atoms with Crippen LogP contribution in [-0.2, 0) is 21.4 Å². The van der Waals surface area contributed by atoms with Crippen LogP contribution in [0.3, 0.4) is 0 Å². The summed E-state index contributed by atoms with van der Waals surface area (Å²) in [6, 6.07) is 5.16. The third-order valence-corrected chi connectivity index (χ3v) is 6.79. The molecule has 0 atom stereocenters. The molecule has 0 saturated carbocycles. The van der Waals surface area contributed by atoms with E-state index in [2.05, 4.69) is 6.92 Å². The minimum atomic E-state index is -4.39. The molecule has 0 radical (unpaired) electrons. The molecule has 1 aromatic carbocycles. The molecule has 0 amide bonds. The van der Waals surface area contributed by atoms with Gasteiger partial charge in [0, 0.05) is 0 Å². The van der Waals surface area contributed by atoms with Crippen LogP contribution in [0.4, 0.5) is 0 Å². The van der Waals surface area contributed by atoms with Crippen molar-refractivity contribution in [2.45, 2.75) is 110 Å². The van der Waals surface area contributed by atoms with Crippen LogP contribution in [0, 0.1) is 0 Å². The number of hydrogen-bond donors (Lipinski definition) is 3. The van der Waals surface area contributed by atoms with Crippen LogP contribution in [0.5, 0.6) is 0 Å². The normalized spacial score (nSPS) is 12.7. The zero-order valence-corrected chi connectivity index (χ0v) is 21.1. The predicted molar refractivity (Wildman–Crippen MR) is 131 cm³/mol. The van der Waals surface area contributed by atoms with E-state index in [1.807, 2.05) is 26.8 Å². The third-order valence-electron chi connectivity index (χ3n) is 5.63. The van der Waals surface area contributed by atoms with Crippen LogP contribution in [0.1, 0.15) is 109 Å². The molecule has 0 unspecified atom stereocenters. The van der Waals surface area contributed by atoms with Crippen molar-refractivity contribution in [2.75, 3.05) is 6.61 Å². The van der Waals surface area contributed by atoms with Gasteiger partial charge in [0.15, 0.2) is 0 Å². The van der Waals surface area contributed by atoms with Crippen LogP contribution in [0.25, 0.3) is 0 Å². The van der Waals surface area contributed by atoms with Gasteiger partial charge in [-0.25, -0.2) is 0 Å². The van der Waals surface area contributed by atoms with Crippen LogP contribution >= 0.6 is 7.94 Å². The Labute approximate surface area is 189 Å². The number of aryl methyl sites for hydroxylation is 1. The van der Waals surface area contributed by atoms with E-state index in [4.69, 9.17) is 4.74 Å². The Bertz CT molecular complexity index is 646. The molecule has 0 aliphatic rings. The molecule has 1 rings (SSSR count). The number of esters is 1. The summed E-state index contributed by atoms with van der Waals surface area (Å²) in [6.07, 6.45) is 13.3. The fourth-order valence-corrected chi connectivity index (χ4v) is 4.87. The zero-order valence-electron chi connectivity index (χ0n) is 20.1. The fourth-order valence-electron chi connectivity index (χ4n) is 3.75. The minimum absolute atomic E-state index is 0.201. The first-order chi connectivity index (χ1) is 14.6. The van der Waals surface area contributed by atoms with Gasteiger partial charge in [-0.15, -0.1) is 0 Å². The van der Waals surface area contributed by atoms with E-state index in [1.165, 1.54) is 51.4 Å². The van der Waals surface area contributed by atoms with Crippen molar-refractivity contribution in [3.8, 4) is 0 Å². The van der Waals surface area contributed by atoms with Crippen molar-refractivity contribution >= 4 is 19.2 Å². The van der Waals surface area contributed by atoms with Gasteiger partial charge in [-0.2, -0.15) is 0 Å². The van der Waals surface area contributed by atoms with Crippen molar-refractivity contribution < 1.29 is 24.2 Å². The third kappa shape index (κ3) is 12.0. The molecule has 3 N–H and O–H groups in total. The summed E-state index contributed by atoms with van der Waals surface area (Å²) in [5.41, 5.74) is 1.26. The number of carbonyl (C=O) groups excluding carboxylic acids is 1. The van der Waals surface area contributed by atoms with E-state index in [1.54, 1.807) is 12.1 Å². The first kappa shape index (κ1) is 28.0. The second kappa shape index (κ2) is 14.2. The van der Waals surface area contributed by atoms with Gasteiger partial charge in [0.25, 0.3) is 0 Å². The molecule has 0 aliphatic heterocycles. The van der Waals surface area contributed by atoms with Gasteiger partial charge in [-0.1, -0.05) is 51.9 Å². The number of unbranched alkanes of at least 4 members (excludes halogenated alkanes) is 9. The molecule has 0 bridgehead atoms. The Hall–Kier alpha value is -1.00. The quantitative estimate of drug-likeness (QED) is 0.185. The van der Waals surface area contributed by atoms with E-state index >= 15 is 0 Å². The van der Waals surface area contributed by atoms with Gasteiger partial charge >= 0.3 is 138 Å². The number of rotatable bonds is 15. The summed E-state index contributed by atoms with van der Waals surface area (Å²) in [7, 11) is -4.39. The number of hydrogen-bond acceptors (Lipinski definition) is 5. The second-order valence-corrected chi connectivity index (χ2v) is 11.5.